The van der Waals surface area contributed by atoms with Gasteiger partial charge in [0.25, 0.3) is 0 Å². The molecule has 1 heteroatoms. The fraction of sp³-hybridized carbons (Fsp3) is 0.226. The van der Waals surface area contributed by atoms with Crippen LogP contribution >= 0.6 is 0 Å². The van der Waals surface area contributed by atoms with Crippen molar-refractivity contribution in [2.75, 3.05) is 0 Å². The monoisotopic (exact) mass is 476 g/mol. The SMILES string of the molecule is CCCC#Cc1cccc[c]1[Ge]([C]#Cc1ccccc1)([C]#Cc1ccccc1)[C](C)(C)C. The number of hydrogen-bond donors (Lipinski definition) is 0. The first-order valence-electron chi connectivity index (χ1n) is 11.2. The fourth-order valence-corrected chi connectivity index (χ4v) is 10.8. The predicted molar refractivity (Wildman–Crippen MR) is 140 cm³/mol. The molecular formula is C31H30Ge. The minimum atomic E-state index is -3.36. The van der Waals surface area contributed by atoms with Gasteiger partial charge in [-0.2, -0.15) is 0 Å². The molecule has 0 atom stereocenters. The molecule has 3 aromatic rings. The average Bonchev–Trinajstić information content (AvgIpc) is 2.80. The molecule has 0 fully saturated rings. The van der Waals surface area contributed by atoms with E-state index in [-0.39, 0.29) is 4.25 Å². The van der Waals surface area contributed by atoms with Crippen LogP contribution in [0.5, 0.6) is 0 Å². The summed E-state index contributed by atoms with van der Waals surface area (Å²) in [6.07, 6.45) is 1.96. The summed E-state index contributed by atoms with van der Waals surface area (Å²) in [5.41, 5.74) is 3.14. The first-order valence-corrected chi connectivity index (χ1v) is 15.4. The molecule has 32 heavy (non-hydrogen) atoms. The van der Waals surface area contributed by atoms with Crippen LogP contribution in [-0.4, -0.2) is 13.3 Å². The van der Waals surface area contributed by atoms with Crippen LogP contribution in [0.25, 0.3) is 0 Å². The predicted octanol–water partition coefficient (Wildman–Crippen LogP) is 6.48. The Morgan fingerprint density at radius 1 is 0.656 bits per heavy atom. The molecule has 0 aliphatic carbocycles. The molecular weight excluding hydrogens is 445 g/mol. The van der Waals surface area contributed by atoms with Crippen molar-refractivity contribution in [3.63, 3.8) is 0 Å². The second-order valence-corrected chi connectivity index (χ2v) is 17.3. The van der Waals surface area contributed by atoms with E-state index in [9.17, 15) is 0 Å². The molecule has 0 bridgehead atoms. The average molecular weight is 475 g/mol. The van der Waals surface area contributed by atoms with Gasteiger partial charge in [0.15, 0.2) is 0 Å². The van der Waals surface area contributed by atoms with E-state index < -0.39 is 13.3 Å². The Hall–Kier alpha value is -3.12. The maximum atomic E-state index is 3.80. The molecule has 0 nitrogen and oxygen atoms in total. The van der Waals surface area contributed by atoms with Gasteiger partial charge >= 0.3 is 197 Å². The third kappa shape index (κ3) is 5.77. The van der Waals surface area contributed by atoms with Crippen LogP contribution in [-0.2, 0) is 0 Å². The van der Waals surface area contributed by atoms with Crippen molar-refractivity contribution in [2.45, 2.75) is 44.8 Å². The Balaban J connectivity index is 2.29. The van der Waals surface area contributed by atoms with Gasteiger partial charge in [0.05, 0.1) is 0 Å². The van der Waals surface area contributed by atoms with Crippen molar-refractivity contribution in [3.8, 4) is 33.2 Å². The third-order valence-corrected chi connectivity index (χ3v) is 14.8. The van der Waals surface area contributed by atoms with Gasteiger partial charge in [-0.15, -0.1) is 0 Å². The zero-order valence-electron chi connectivity index (χ0n) is 19.5. The molecule has 0 radical (unpaired) electrons. The van der Waals surface area contributed by atoms with Gasteiger partial charge in [-0.05, 0) is 0 Å². The van der Waals surface area contributed by atoms with Crippen LogP contribution in [0.3, 0.4) is 0 Å². The summed E-state index contributed by atoms with van der Waals surface area (Å²) in [6, 6.07) is 29.0. The summed E-state index contributed by atoms with van der Waals surface area (Å²) in [6.45, 7) is 9.04. The van der Waals surface area contributed by atoms with Crippen LogP contribution in [0, 0.1) is 33.2 Å². The summed E-state index contributed by atoms with van der Waals surface area (Å²) in [5.74, 6) is 13.8. The van der Waals surface area contributed by atoms with Gasteiger partial charge in [0.1, 0.15) is 0 Å². The molecule has 0 N–H and O–H groups in total. The molecule has 0 unspecified atom stereocenters. The van der Waals surface area contributed by atoms with E-state index in [1.165, 1.54) is 4.40 Å². The van der Waals surface area contributed by atoms with Gasteiger partial charge in [-0.25, -0.2) is 0 Å². The number of benzene rings is 3. The molecule has 0 heterocycles. The van der Waals surface area contributed by atoms with Gasteiger partial charge in [-0.1, -0.05) is 0 Å². The van der Waals surface area contributed by atoms with Crippen LogP contribution in [0.15, 0.2) is 84.9 Å². The molecule has 3 rings (SSSR count). The molecule has 0 aliphatic heterocycles. The Bertz CT molecular complexity index is 1150. The molecule has 0 saturated carbocycles. The number of hydrogen-bond acceptors (Lipinski definition) is 0. The van der Waals surface area contributed by atoms with Crippen molar-refractivity contribution in [3.05, 3.63) is 102 Å². The topological polar surface area (TPSA) is 0 Å². The number of unbranched alkanes of at least 4 members (excludes halogenated alkanes) is 1. The van der Waals surface area contributed by atoms with Gasteiger partial charge in [-0.3, -0.25) is 0 Å². The molecule has 0 aliphatic rings. The van der Waals surface area contributed by atoms with Crippen LogP contribution in [0.4, 0.5) is 0 Å². The summed E-state index contributed by atoms with van der Waals surface area (Å²) in [5, 5.41) is 0. The molecule has 0 amide bonds. The van der Waals surface area contributed by atoms with E-state index in [4.69, 9.17) is 0 Å². The zero-order chi connectivity index (χ0) is 22.9. The summed E-state index contributed by atoms with van der Waals surface area (Å²) in [7, 11) is 0. The Morgan fingerprint density at radius 2 is 1.16 bits per heavy atom. The van der Waals surface area contributed by atoms with Crippen molar-refractivity contribution < 1.29 is 0 Å². The van der Waals surface area contributed by atoms with Crippen LogP contribution < -0.4 is 4.40 Å². The van der Waals surface area contributed by atoms with Crippen molar-refractivity contribution in [1.82, 2.24) is 0 Å². The van der Waals surface area contributed by atoms with E-state index in [1.807, 2.05) is 36.4 Å². The quantitative estimate of drug-likeness (QED) is 0.294. The second-order valence-electron chi connectivity index (χ2n) is 8.83. The third-order valence-electron chi connectivity index (χ3n) is 5.39. The molecule has 0 spiro atoms. The first kappa shape index (κ1) is 23.5. The van der Waals surface area contributed by atoms with E-state index in [0.717, 1.165) is 29.5 Å². The van der Waals surface area contributed by atoms with Crippen molar-refractivity contribution in [1.29, 1.82) is 0 Å². The molecule has 0 saturated heterocycles. The van der Waals surface area contributed by atoms with E-state index >= 15 is 0 Å². The van der Waals surface area contributed by atoms with Crippen LogP contribution in [0.1, 0.15) is 57.2 Å². The maximum absolute atomic E-state index is 3.80. The van der Waals surface area contributed by atoms with Gasteiger partial charge in [0.2, 0.25) is 0 Å². The fourth-order valence-electron chi connectivity index (χ4n) is 3.52. The molecule has 0 aromatic heterocycles. The Kier molecular flexibility index (Phi) is 8.06. The van der Waals surface area contributed by atoms with Crippen molar-refractivity contribution in [2.24, 2.45) is 0 Å². The summed E-state index contributed by atoms with van der Waals surface area (Å²) >= 11 is -3.36. The van der Waals surface area contributed by atoms with Crippen LogP contribution in [0.2, 0.25) is 4.25 Å². The van der Waals surface area contributed by atoms with E-state index in [1.54, 1.807) is 0 Å². The van der Waals surface area contributed by atoms with E-state index in [2.05, 4.69) is 109 Å². The first-order chi connectivity index (χ1) is 15.5. The standard InChI is InChI=1S/C31H30Ge/c1-5-6-9-20-29-21-14-15-22-30(29)32(31(2,3)4,25-23-27-16-10-7-11-17-27)26-24-28-18-12-8-13-19-28/h7-8,10-19,21-22H,5-6H2,1-4H3. The van der Waals surface area contributed by atoms with E-state index in [0.29, 0.717) is 0 Å². The second kappa shape index (κ2) is 11.0. The molecule has 3 aromatic carbocycles. The summed E-state index contributed by atoms with van der Waals surface area (Å²) < 4.78 is 8.80. The zero-order valence-corrected chi connectivity index (χ0v) is 21.6. The van der Waals surface area contributed by atoms with Gasteiger partial charge in [0, 0.05) is 0 Å². The Morgan fingerprint density at radius 3 is 1.66 bits per heavy atom. The van der Waals surface area contributed by atoms with Gasteiger partial charge < -0.3 is 0 Å². The minimum absolute atomic E-state index is 0.0634. The Labute approximate surface area is 196 Å². The van der Waals surface area contributed by atoms with Crippen molar-refractivity contribution >= 4 is 17.7 Å². The normalized spacial score (nSPS) is 10.6. The summed E-state index contributed by atoms with van der Waals surface area (Å²) in [4.78, 5) is 0. The molecule has 158 valence electrons. The number of rotatable bonds is 2.